The molecule has 0 rings (SSSR count). The lowest BCUT2D eigenvalue weighted by Gasteiger charge is -2.06. The molecule has 0 aliphatic carbocycles. The van der Waals surface area contributed by atoms with Crippen molar-refractivity contribution in [3.05, 3.63) is 0 Å². The average molecular weight is 188 g/mol. The number of hydrogen-bond donors (Lipinski definition) is 2. The van der Waals surface area contributed by atoms with Gasteiger partial charge in [0.25, 0.3) is 0 Å². The van der Waals surface area contributed by atoms with Gasteiger partial charge in [-0.25, -0.2) is 0 Å². The Kier molecular flexibility index (Phi) is 7.36. The van der Waals surface area contributed by atoms with Crippen LogP contribution >= 0.6 is 11.8 Å². The monoisotopic (exact) mass is 188 g/mol. The molecule has 0 aromatic rings. The van der Waals surface area contributed by atoms with Crippen LogP contribution in [-0.4, -0.2) is 17.3 Å². The van der Waals surface area contributed by atoms with Gasteiger partial charge >= 0.3 is 0 Å². The average Bonchev–Trinajstić information content (AvgIpc) is 2.03. The Balaban J connectivity index is 3.05. The molecule has 0 aromatic heterocycles. The minimum atomic E-state index is 0.319. The zero-order valence-electron chi connectivity index (χ0n) is 8.10. The van der Waals surface area contributed by atoms with E-state index >= 15 is 0 Å². The summed E-state index contributed by atoms with van der Waals surface area (Å²) in [6, 6.07) is 0. The Bertz CT molecular complexity index is 126. The first kappa shape index (κ1) is 11.8. The quantitative estimate of drug-likeness (QED) is 0.366. The molecule has 0 aliphatic heterocycles. The van der Waals surface area contributed by atoms with Crippen LogP contribution in [0.3, 0.4) is 0 Å². The van der Waals surface area contributed by atoms with E-state index in [0.717, 1.165) is 24.5 Å². The van der Waals surface area contributed by atoms with E-state index in [1.165, 1.54) is 12.2 Å². The summed E-state index contributed by atoms with van der Waals surface area (Å²) < 4.78 is 0. The van der Waals surface area contributed by atoms with Gasteiger partial charge in [-0.05, 0) is 23.8 Å². The van der Waals surface area contributed by atoms with E-state index in [1.54, 1.807) is 0 Å². The van der Waals surface area contributed by atoms with Gasteiger partial charge in [0.1, 0.15) is 0 Å². The third kappa shape index (κ3) is 7.92. The second-order valence-corrected chi connectivity index (χ2v) is 4.37. The summed E-state index contributed by atoms with van der Waals surface area (Å²) >= 11 is 1.98. The Labute approximate surface area is 79.8 Å². The second-order valence-electron chi connectivity index (χ2n) is 3.22. The van der Waals surface area contributed by atoms with E-state index < -0.39 is 0 Å². The summed E-state index contributed by atoms with van der Waals surface area (Å²) in [5.74, 6) is 3.53. The van der Waals surface area contributed by atoms with Crippen LogP contribution in [0.25, 0.3) is 0 Å². The first-order chi connectivity index (χ1) is 5.66. The van der Waals surface area contributed by atoms with Crippen LogP contribution in [-0.2, 0) is 0 Å². The molecule has 3 N–H and O–H groups in total. The van der Waals surface area contributed by atoms with Gasteiger partial charge in [0, 0.05) is 6.42 Å². The highest BCUT2D eigenvalue weighted by Gasteiger charge is 1.98. The Hall–Kier alpha value is -0.180. The Morgan fingerprint density at radius 3 is 2.75 bits per heavy atom. The van der Waals surface area contributed by atoms with E-state index in [2.05, 4.69) is 13.8 Å². The van der Waals surface area contributed by atoms with Crippen LogP contribution in [0.1, 0.15) is 33.1 Å². The highest BCUT2D eigenvalue weighted by molar-refractivity contribution is 7.99. The predicted octanol–water partition coefficient (Wildman–Crippen LogP) is 2.48. The van der Waals surface area contributed by atoms with E-state index in [4.69, 9.17) is 11.1 Å². The van der Waals surface area contributed by atoms with Gasteiger partial charge in [-0.1, -0.05) is 20.3 Å². The highest BCUT2D eigenvalue weighted by atomic mass is 32.2. The number of thioether (sulfide) groups is 1. The number of rotatable bonds is 7. The van der Waals surface area contributed by atoms with E-state index in [0.29, 0.717) is 5.84 Å². The molecule has 0 aliphatic rings. The molecule has 0 saturated carbocycles. The summed E-state index contributed by atoms with van der Waals surface area (Å²) in [6.45, 7) is 4.50. The summed E-state index contributed by atoms with van der Waals surface area (Å²) in [4.78, 5) is 0. The van der Waals surface area contributed by atoms with Crippen molar-refractivity contribution in [2.75, 3.05) is 11.5 Å². The summed E-state index contributed by atoms with van der Waals surface area (Å²) in [6.07, 6.45) is 3.07. The fourth-order valence-electron chi connectivity index (χ4n) is 0.767. The van der Waals surface area contributed by atoms with Crippen molar-refractivity contribution in [2.24, 2.45) is 11.7 Å². The van der Waals surface area contributed by atoms with Gasteiger partial charge in [-0.2, -0.15) is 11.8 Å². The fraction of sp³-hybridized carbons (Fsp3) is 0.889. The lowest BCUT2D eigenvalue weighted by atomic mass is 10.2. The molecule has 2 nitrogen and oxygen atoms in total. The maximum atomic E-state index is 7.02. The smallest absolute Gasteiger partial charge is 0.0905 e. The third-order valence-electron chi connectivity index (χ3n) is 1.83. The van der Waals surface area contributed by atoms with Crippen LogP contribution in [0, 0.1) is 11.3 Å². The molecule has 72 valence electrons. The predicted molar refractivity (Wildman–Crippen MR) is 57.9 cm³/mol. The van der Waals surface area contributed by atoms with E-state index in [-0.39, 0.29) is 0 Å². The zero-order chi connectivity index (χ0) is 9.40. The molecular formula is C9H20N2S. The van der Waals surface area contributed by atoms with Crippen molar-refractivity contribution in [2.45, 2.75) is 33.1 Å². The molecule has 12 heavy (non-hydrogen) atoms. The van der Waals surface area contributed by atoms with Crippen molar-refractivity contribution < 1.29 is 0 Å². The number of nitrogens with one attached hydrogen (secondary N) is 1. The van der Waals surface area contributed by atoms with Gasteiger partial charge in [0.2, 0.25) is 0 Å². The molecule has 0 spiro atoms. The number of amidine groups is 1. The summed E-state index contributed by atoms with van der Waals surface area (Å²) in [7, 11) is 0. The zero-order valence-corrected chi connectivity index (χ0v) is 8.91. The minimum absolute atomic E-state index is 0.319. The van der Waals surface area contributed by atoms with Crippen LogP contribution in [0.5, 0.6) is 0 Å². The molecule has 0 fully saturated rings. The van der Waals surface area contributed by atoms with Gasteiger partial charge in [0.15, 0.2) is 0 Å². The Morgan fingerprint density at radius 2 is 2.25 bits per heavy atom. The lowest BCUT2D eigenvalue weighted by molar-refractivity contribution is 0.636. The SMILES string of the molecule is CCC(C)CSCCCC(=N)N. The molecule has 1 unspecified atom stereocenters. The largest absolute Gasteiger partial charge is 0.388 e. The lowest BCUT2D eigenvalue weighted by Crippen LogP contribution is -2.09. The van der Waals surface area contributed by atoms with Crippen molar-refractivity contribution in [1.29, 1.82) is 5.41 Å². The standard InChI is InChI=1S/C9H20N2S/c1-3-8(2)7-12-6-4-5-9(10)11/h8H,3-7H2,1-2H3,(H3,10,11). The molecule has 3 heteroatoms. The van der Waals surface area contributed by atoms with Gasteiger partial charge in [-0.3, -0.25) is 5.41 Å². The second kappa shape index (κ2) is 7.47. The third-order valence-corrected chi connectivity index (χ3v) is 3.22. The maximum absolute atomic E-state index is 7.02. The molecule has 0 amide bonds. The van der Waals surface area contributed by atoms with Crippen LogP contribution in [0.15, 0.2) is 0 Å². The minimum Gasteiger partial charge on any atom is -0.388 e. The Morgan fingerprint density at radius 1 is 1.58 bits per heavy atom. The van der Waals surface area contributed by atoms with Crippen molar-refractivity contribution in [3.63, 3.8) is 0 Å². The number of hydrogen-bond acceptors (Lipinski definition) is 2. The van der Waals surface area contributed by atoms with Crippen LogP contribution in [0.4, 0.5) is 0 Å². The van der Waals surface area contributed by atoms with Crippen LogP contribution in [0.2, 0.25) is 0 Å². The van der Waals surface area contributed by atoms with Gasteiger partial charge < -0.3 is 5.73 Å². The number of nitrogens with two attached hydrogens (primary N) is 1. The molecule has 0 aromatic carbocycles. The molecule has 0 saturated heterocycles. The van der Waals surface area contributed by atoms with Crippen molar-refractivity contribution in [1.82, 2.24) is 0 Å². The highest BCUT2D eigenvalue weighted by Crippen LogP contribution is 2.12. The molecule has 0 bridgehead atoms. The normalized spacial score (nSPS) is 12.8. The van der Waals surface area contributed by atoms with E-state index in [9.17, 15) is 0 Å². The van der Waals surface area contributed by atoms with Gasteiger partial charge in [-0.15, -0.1) is 0 Å². The summed E-state index contributed by atoms with van der Waals surface area (Å²) in [5.41, 5.74) is 5.23. The van der Waals surface area contributed by atoms with Crippen LogP contribution < -0.4 is 5.73 Å². The molecule has 1 atom stereocenters. The summed E-state index contributed by atoms with van der Waals surface area (Å²) in [5, 5.41) is 7.02. The first-order valence-corrected chi connectivity index (χ1v) is 5.73. The van der Waals surface area contributed by atoms with Crippen molar-refractivity contribution >= 4 is 17.6 Å². The fourth-order valence-corrected chi connectivity index (χ4v) is 1.92. The van der Waals surface area contributed by atoms with Crippen molar-refractivity contribution in [3.8, 4) is 0 Å². The molecule has 0 heterocycles. The molecule has 0 radical (unpaired) electrons. The first-order valence-electron chi connectivity index (χ1n) is 4.57. The van der Waals surface area contributed by atoms with Gasteiger partial charge in [0.05, 0.1) is 5.84 Å². The van der Waals surface area contributed by atoms with E-state index in [1.807, 2.05) is 11.8 Å². The topological polar surface area (TPSA) is 49.9 Å². The maximum Gasteiger partial charge on any atom is 0.0905 e. The molecular weight excluding hydrogens is 168 g/mol.